The fourth-order valence-corrected chi connectivity index (χ4v) is 3.97. The Bertz CT molecular complexity index is 1330. The predicted octanol–water partition coefficient (Wildman–Crippen LogP) is 3.10. The molecule has 1 saturated carbocycles. The van der Waals surface area contributed by atoms with Crippen molar-refractivity contribution >= 4 is 27.4 Å². The van der Waals surface area contributed by atoms with Gasteiger partial charge in [0.1, 0.15) is 17.4 Å². The number of hydrogen-bond acceptors (Lipinski definition) is 6. The number of rotatable bonds is 3. The third kappa shape index (κ3) is 2.89. The fraction of sp³-hybridized carbons (Fsp3) is 0.200. The van der Waals surface area contributed by atoms with Crippen LogP contribution < -0.4 is 5.62 Å². The van der Waals surface area contributed by atoms with Gasteiger partial charge in [-0.05, 0) is 43.5 Å². The highest BCUT2D eigenvalue weighted by molar-refractivity contribution is 9.10. The van der Waals surface area contributed by atoms with Crippen molar-refractivity contribution in [2.45, 2.75) is 25.2 Å². The van der Waals surface area contributed by atoms with Crippen LogP contribution in [0.25, 0.3) is 16.9 Å². The molecule has 3 aromatic heterocycles. The summed E-state index contributed by atoms with van der Waals surface area (Å²) in [4.78, 5) is 4.18. The van der Waals surface area contributed by atoms with Gasteiger partial charge in [-0.3, -0.25) is 15.2 Å². The molecule has 1 aromatic carbocycles. The van der Waals surface area contributed by atoms with Crippen molar-refractivity contribution in [3.05, 3.63) is 70.3 Å². The Hall–Kier alpha value is -3.20. The average molecular weight is 449 g/mol. The quantitative estimate of drug-likeness (QED) is 0.370. The van der Waals surface area contributed by atoms with Crippen LogP contribution in [0.15, 0.2) is 53.3 Å². The first-order chi connectivity index (χ1) is 14.0. The Kier molecular flexibility index (Phi) is 3.95. The molecule has 5 rings (SSSR count). The molecule has 4 aromatic rings. The molecule has 0 radical (unpaired) electrons. The van der Waals surface area contributed by atoms with Gasteiger partial charge in [0.25, 0.3) is 0 Å². The maximum atomic E-state index is 8.89. The van der Waals surface area contributed by atoms with E-state index in [9.17, 15) is 0 Å². The van der Waals surface area contributed by atoms with E-state index in [0.29, 0.717) is 5.69 Å². The molecular weight excluding hydrogens is 432 g/mol. The lowest BCUT2D eigenvalue weighted by Gasteiger charge is -2.19. The van der Waals surface area contributed by atoms with Crippen LogP contribution in [0.2, 0.25) is 0 Å². The second-order valence-electron chi connectivity index (χ2n) is 7.21. The molecule has 0 atom stereocenters. The highest BCUT2D eigenvalue weighted by atomic mass is 79.9. The van der Waals surface area contributed by atoms with Crippen molar-refractivity contribution < 1.29 is 0 Å². The van der Waals surface area contributed by atoms with E-state index >= 15 is 0 Å². The maximum Gasteiger partial charge on any atom is 0.244 e. The summed E-state index contributed by atoms with van der Waals surface area (Å²) < 4.78 is 4.20. The molecule has 2 N–H and O–H groups in total. The largest absolute Gasteiger partial charge is 0.286 e. The van der Waals surface area contributed by atoms with Gasteiger partial charge in [0.05, 0.1) is 11.6 Å². The van der Waals surface area contributed by atoms with Crippen LogP contribution >= 0.6 is 15.9 Å². The zero-order chi connectivity index (χ0) is 20.2. The second-order valence-corrected chi connectivity index (χ2v) is 8.13. The Morgan fingerprint density at radius 2 is 2.00 bits per heavy atom. The molecule has 0 aliphatic heterocycles. The molecule has 0 saturated heterocycles. The van der Waals surface area contributed by atoms with Gasteiger partial charge in [0.15, 0.2) is 5.65 Å². The molecule has 1 aliphatic carbocycles. The van der Waals surface area contributed by atoms with E-state index in [-0.39, 0.29) is 11.5 Å². The highest BCUT2D eigenvalue weighted by Crippen LogP contribution is 2.49. The summed E-state index contributed by atoms with van der Waals surface area (Å²) in [5.41, 5.74) is 2.74. The number of pyridine rings is 1. The van der Waals surface area contributed by atoms with Crippen molar-refractivity contribution in [2.24, 2.45) is 0 Å². The van der Waals surface area contributed by atoms with Gasteiger partial charge in [0.2, 0.25) is 5.62 Å². The van der Waals surface area contributed by atoms with E-state index in [4.69, 9.17) is 10.8 Å². The van der Waals surface area contributed by atoms with Gasteiger partial charge < -0.3 is 0 Å². The molecule has 1 aliphatic rings. The van der Waals surface area contributed by atoms with Crippen LogP contribution in [0, 0.1) is 17.7 Å². The summed E-state index contributed by atoms with van der Waals surface area (Å²) in [6.07, 6.45) is 5.21. The zero-order valence-electron chi connectivity index (χ0n) is 15.6. The molecule has 0 amide bonds. The monoisotopic (exact) mass is 448 g/mol. The molecule has 144 valence electrons. The first-order valence-corrected chi connectivity index (χ1v) is 9.95. The number of benzene rings is 1. The van der Waals surface area contributed by atoms with Gasteiger partial charge in [0, 0.05) is 16.2 Å². The molecule has 9 heteroatoms. The first kappa shape index (κ1) is 17.9. The van der Waals surface area contributed by atoms with Gasteiger partial charge in [-0.25, -0.2) is 4.98 Å². The lowest BCUT2D eigenvalue weighted by atomic mass is 9.96. The van der Waals surface area contributed by atoms with Crippen LogP contribution in [-0.4, -0.2) is 35.2 Å². The summed E-state index contributed by atoms with van der Waals surface area (Å²) in [7, 11) is 0. The van der Waals surface area contributed by atoms with E-state index in [1.165, 1.54) is 4.68 Å². The minimum Gasteiger partial charge on any atom is -0.286 e. The van der Waals surface area contributed by atoms with Crippen LogP contribution in [0.3, 0.4) is 0 Å². The molecular formula is C20H17BrN8. The third-order valence-electron chi connectivity index (χ3n) is 5.38. The number of fused-ring (bicyclic) bond motifs is 1. The molecule has 1 fully saturated rings. The minimum absolute atomic E-state index is 0.0541. The number of aryl methyl sites for hydroxylation is 1. The summed E-state index contributed by atoms with van der Waals surface area (Å²) in [5.74, 6) is 1.06. The predicted molar refractivity (Wildman–Crippen MR) is 111 cm³/mol. The Labute approximate surface area is 174 Å². The zero-order valence-corrected chi connectivity index (χ0v) is 17.2. The number of nitrogens with one attached hydrogen (secondary N) is 2. The van der Waals surface area contributed by atoms with Crippen molar-refractivity contribution in [1.82, 2.24) is 29.4 Å². The lowest BCUT2D eigenvalue weighted by Crippen LogP contribution is -2.38. The standard InChI is InChI=1S/C20H17BrN8/c1-12-25-26-17-6-5-14(11-28(12)17)20(7-8-20)18(22)29-19(23)24-10-16(27-29)13-3-2-4-15(21)9-13/h2-6,9-11,22-23H,7-8H2,1H3. The highest BCUT2D eigenvalue weighted by Gasteiger charge is 2.50. The van der Waals surface area contributed by atoms with E-state index in [0.717, 1.165) is 39.9 Å². The van der Waals surface area contributed by atoms with Gasteiger partial charge in [-0.2, -0.15) is 9.78 Å². The summed E-state index contributed by atoms with van der Waals surface area (Å²) in [5, 5.41) is 29.9. The van der Waals surface area contributed by atoms with Crippen LogP contribution in [-0.2, 0) is 5.41 Å². The van der Waals surface area contributed by atoms with Crippen molar-refractivity contribution in [3.63, 3.8) is 0 Å². The van der Waals surface area contributed by atoms with Gasteiger partial charge in [-0.15, -0.1) is 10.2 Å². The molecule has 0 bridgehead atoms. The average Bonchev–Trinajstić information content (AvgIpc) is 3.46. The lowest BCUT2D eigenvalue weighted by molar-refractivity contribution is 0.712. The van der Waals surface area contributed by atoms with Crippen LogP contribution in [0.4, 0.5) is 0 Å². The maximum absolute atomic E-state index is 8.89. The number of aromatic nitrogens is 6. The molecule has 0 spiro atoms. The van der Waals surface area contributed by atoms with Crippen molar-refractivity contribution in [1.29, 1.82) is 10.8 Å². The first-order valence-electron chi connectivity index (χ1n) is 9.16. The number of halogens is 1. The van der Waals surface area contributed by atoms with E-state index in [2.05, 4.69) is 36.2 Å². The van der Waals surface area contributed by atoms with E-state index in [1.807, 2.05) is 53.9 Å². The number of nitrogens with zero attached hydrogens (tertiary/aromatic N) is 6. The molecule has 0 unspecified atom stereocenters. The normalized spacial score (nSPS) is 14.8. The fourth-order valence-electron chi connectivity index (χ4n) is 3.57. The topological polar surface area (TPSA) is 109 Å². The summed E-state index contributed by atoms with van der Waals surface area (Å²) in [6.45, 7) is 1.90. The SMILES string of the molecule is Cc1nnc2ccc(C3(C(=N)n4nc(-c5cccc(Br)c5)cnc4=N)CC3)cn12. The third-order valence-corrected chi connectivity index (χ3v) is 5.87. The van der Waals surface area contributed by atoms with E-state index in [1.54, 1.807) is 6.20 Å². The Balaban J connectivity index is 1.58. The van der Waals surface area contributed by atoms with Crippen molar-refractivity contribution in [3.8, 4) is 11.3 Å². The summed E-state index contributed by atoms with van der Waals surface area (Å²) in [6, 6.07) is 11.6. The van der Waals surface area contributed by atoms with Gasteiger partial charge >= 0.3 is 0 Å². The Morgan fingerprint density at radius 1 is 1.17 bits per heavy atom. The molecule has 29 heavy (non-hydrogen) atoms. The summed E-state index contributed by atoms with van der Waals surface area (Å²) >= 11 is 3.47. The second kappa shape index (κ2) is 6.41. The van der Waals surface area contributed by atoms with Gasteiger partial charge in [-0.1, -0.05) is 34.1 Å². The van der Waals surface area contributed by atoms with Crippen LogP contribution in [0.1, 0.15) is 24.2 Å². The smallest absolute Gasteiger partial charge is 0.244 e. The molecule has 3 heterocycles. The van der Waals surface area contributed by atoms with Crippen LogP contribution in [0.5, 0.6) is 0 Å². The number of hydrogen-bond donors (Lipinski definition) is 2. The minimum atomic E-state index is -0.476. The van der Waals surface area contributed by atoms with E-state index < -0.39 is 5.41 Å². The Morgan fingerprint density at radius 3 is 2.76 bits per heavy atom. The van der Waals surface area contributed by atoms with Crippen molar-refractivity contribution in [2.75, 3.05) is 0 Å². The molecule has 8 nitrogen and oxygen atoms in total.